The lowest BCUT2D eigenvalue weighted by Crippen LogP contribution is -2.37. The van der Waals surface area contributed by atoms with Gasteiger partial charge in [0.1, 0.15) is 0 Å². The number of benzene rings is 1. The number of rotatable bonds is 4. The molecule has 1 aromatic heterocycles. The lowest BCUT2D eigenvalue weighted by atomic mass is 10.1. The molecule has 2 aliphatic rings. The fourth-order valence-electron chi connectivity index (χ4n) is 3.89. The maximum atomic E-state index is 3.61. The number of hydrogen-bond donors (Lipinski definition) is 1. The molecule has 0 radical (unpaired) electrons. The first-order valence-electron chi connectivity index (χ1n) is 10.4. The van der Waals surface area contributed by atoms with E-state index in [0.29, 0.717) is 6.04 Å². The van der Waals surface area contributed by atoms with Gasteiger partial charge in [-0.2, -0.15) is 0 Å². The van der Waals surface area contributed by atoms with Crippen LogP contribution in [0.25, 0.3) is 10.9 Å². The van der Waals surface area contributed by atoms with Gasteiger partial charge < -0.3 is 9.88 Å². The van der Waals surface area contributed by atoms with Crippen LogP contribution in [-0.2, 0) is 12.8 Å². The van der Waals surface area contributed by atoms with Crippen LogP contribution >= 0.6 is 27.7 Å². The Hall–Kier alpha value is -1.01. The highest BCUT2D eigenvalue weighted by atomic mass is 79.9. The van der Waals surface area contributed by atoms with Gasteiger partial charge in [-0.05, 0) is 49.7 Å². The van der Waals surface area contributed by atoms with Gasteiger partial charge in [-0.25, -0.2) is 0 Å². The number of allylic oxidation sites excluding steroid dienone is 1. The van der Waals surface area contributed by atoms with Crippen molar-refractivity contribution in [3.8, 4) is 0 Å². The van der Waals surface area contributed by atoms with Crippen molar-refractivity contribution >= 4 is 38.6 Å². The Morgan fingerprint density at radius 2 is 2.07 bits per heavy atom. The van der Waals surface area contributed by atoms with Crippen molar-refractivity contribution in [3.63, 3.8) is 0 Å². The van der Waals surface area contributed by atoms with Gasteiger partial charge >= 0.3 is 0 Å². The SMILES string of the molecule is CC.Cn1cc(CSC2=CCC(N3CCCNCC3)C=C2)c2cc(Br)ccc21. The summed E-state index contributed by atoms with van der Waals surface area (Å²) in [5.41, 5.74) is 2.70. The standard InChI is InChI=1S/C21H26BrN3S.C2H6/c1-24-14-16(20-13-17(22)3-8-21(20)24)15-26-19-6-4-18(5-7-19)25-11-2-9-23-10-12-25;1-2/h3-4,6-8,13-14,18,23H,2,5,9-12,15H2,1H3;1-2H3. The lowest BCUT2D eigenvalue weighted by molar-refractivity contribution is 0.244. The lowest BCUT2D eigenvalue weighted by Gasteiger charge is -2.29. The van der Waals surface area contributed by atoms with E-state index < -0.39 is 0 Å². The first-order valence-corrected chi connectivity index (χ1v) is 12.2. The van der Waals surface area contributed by atoms with Gasteiger partial charge in [0.05, 0.1) is 0 Å². The predicted molar refractivity (Wildman–Crippen MR) is 128 cm³/mol. The molecule has 2 heterocycles. The van der Waals surface area contributed by atoms with E-state index in [2.05, 4.69) is 80.4 Å². The van der Waals surface area contributed by atoms with E-state index in [-0.39, 0.29) is 0 Å². The molecule has 1 saturated heterocycles. The first-order chi connectivity index (χ1) is 13.7. The van der Waals surface area contributed by atoms with Crippen LogP contribution in [0.1, 0.15) is 32.3 Å². The molecular weight excluding hydrogens is 430 g/mol. The van der Waals surface area contributed by atoms with Crippen molar-refractivity contribution in [3.05, 3.63) is 57.6 Å². The number of halogens is 1. The number of nitrogens with one attached hydrogen (secondary N) is 1. The predicted octanol–water partition coefficient (Wildman–Crippen LogP) is 5.71. The quantitative estimate of drug-likeness (QED) is 0.629. The fourth-order valence-corrected chi connectivity index (χ4v) is 5.19. The minimum absolute atomic E-state index is 0.577. The van der Waals surface area contributed by atoms with Crippen LogP contribution in [0.3, 0.4) is 0 Å². The van der Waals surface area contributed by atoms with Crippen LogP contribution in [0, 0.1) is 0 Å². The molecule has 4 rings (SSSR count). The Labute approximate surface area is 182 Å². The largest absolute Gasteiger partial charge is 0.350 e. The van der Waals surface area contributed by atoms with Crippen LogP contribution in [0.15, 0.2) is 52.0 Å². The Kier molecular flexibility index (Phi) is 8.27. The monoisotopic (exact) mass is 461 g/mol. The molecule has 152 valence electrons. The Morgan fingerprint density at radius 3 is 2.86 bits per heavy atom. The molecule has 1 aromatic carbocycles. The van der Waals surface area contributed by atoms with Gasteiger partial charge in [-0.1, -0.05) is 48.0 Å². The third kappa shape index (κ3) is 5.32. The van der Waals surface area contributed by atoms with Crippen LogP contribution in [0.5, 0.6) is 0 Å². The van der Waals surface area contributed by atoms with Crippen LogP contribution in [-0.4, -0.2) is 41.7 Å². The van der Waals surface area contributed by atoms with E-state index in [1.807, 2.05) is 25.6 Å². The summed E-state index contributed by atoms with van der Waals surface area (Å²) in [5, 5.41) is 4.85. The van der Waals surface area contributed by atoms with E-state index in [0.717, 1.165) is 36.3 Å². The number of fused-ring (bicyclic) bond motifs is 1. The maximum absolute atomic E-state index is 3.61. The molecule has 0 bridgehead atoms. The number of aromatic nitrogens is 1. The summed E-state index contributed by atoms with van der Waals surface area (Å²) in [7, 11) is 2.13. The summed E-state index contributed by atoms with van der Waals surface area (Å²) in [5.74, 6) is 1.02. The molecule has 1 atom stereocenters. The highest BCUT2D eigenvalue weighted by molar-refractivity contribution is 9.10. The first kappa shape index (κ1) is 21.7. The second kappa shape index (κ2) is 10.7. The summed E-state index contributed by atoms with van der Waals surface area (Å²) < 4.78 is 3.38. The zero-order chi connectivity index (χ0) is 19.9. The Balaban J connectivity index is 0.00000109. The molecule has 1 aliphatic carbocycles. The van der Waals surface area contributed by atoms with Crippen LogP contribution in [0.2, 0.25) is 0 Å². The van der Waals surface area contributed by atoms with Crippen molar-refractivity contribution in [2.45, 2.75) is 38.5 Å². The minimum Gasteiger partial charge on any atom is -0.350 e. The van der Waals surface area contributed by atoms with Gasteiger partial charge in [0.2, 0.25) is 0 Å². The number of thioether (sulfide) groups is 1. The zero-order valence-corrected chi connectivity index (χ0v) is 19.7. The van der Waals surface area contributed by atoms with E-state index in [1.165, 1.54) is 34.3 Å². The normalized spacial score (nSPS) is 20.4. The van der Waals surface area contributed by atoms with E-state index >= 15 is 0 Å². The van der Waals surface area contributed by atoms with Crippen molar-refractivity contribution in [2.75, 3.05) is 26.2 Å². The molecule has 28 heavy (non-hydrogen) atoms. The Bertz CT molecular complexity index is 832. The second-order valence-corrected chi connectivity index (χ2v) is 9.09. The van der Waals surface area contributed by atoms with Crippen LogP contribution < -0.4 is 5.32 Å². The van der Waals surface area contributed by atoms with Gasteiger partial charge in [0.25, 0.3) is 0 Å². The average molecular weight is 463 g/mol. The summed E-state index contributed by atoms with van der Waals surface area (Å²) in [6.45, 7) is 8.65. The molecule has 1 fully saturated rings. The van der Waals surface area contributed by atoms with Crippen molar-refractivity contribution in [2.24, 2.45) is 7.05 Å². The summed E-state index contributed by atoms with van der Waals surface area (Å²) in [6.07, 6.45) is 11.8. The molecule has 0 saturated carbocycles. The average Bonchev–Trinajstić information content (AvgIpc) is 2.90. The molecule has 1 aliphatic heterocycles. The molecule has 1 unspecified atom stereocenters. The fraction of sp³-hybridized carbons (Fsp3) is 0.478. The molecule has 5 heteroatoms. The molecule has 1 N–H and O–H groups in total. The number of hydrogen-bond acceptors (Lipinski definition) is 3. The number of aryl methyl sites for hydroxylation is 1. The van der Waals surface area contributed by atoms with Crippen molar-refractivity contribution in [1.82, 2.24) is 14.8 Å². The summed E-state index contributed by atoms with van der Waals surface area (Å²) in [6, 6.07) is 7.12. The van der Waals surface area contributed by atoms with Gasteiger partial charge in [0.15, 0.2) is 0 Å². The molecule has 3 nitrogen and oxygen atoms in total. The van der Waals surface area contributed by atoms with E-state index in [9.17, 15) is 0 Å². The Morgan fingerprint density at radius 1 is 1.21 bits per heavy atom. The highest BCUT2D eigenvalue weighted by Gasteiger charge is 2.18. The maximum Gasteiger partial charge on any atom is 0.0481 e. The third-order valence-electron chi connectivity index (χ3n) is 5.32. The molecule has 0 amide bonds. The molecule has 0 spiro atoms. The van der Waals surface area contributed by atoms with E-state index in [4.69, 9.17) is 0 Å². The van der Waals surface area contributed by atoms with Gasteiger partial charge in [-0.3, -0.25) is 4.90 Å². The smallest absolute Gasteiger partial charge is 0.0481 e. The molecule has 2 aromatic rings. The van der Waals surface area contributed by atoms with Gasteiger partial charge in [-0.15, -0.1) is 11.8 Å². The van der Waals surface area contributed by atoms with Gasteiger partial charge in [0, 0.05) is 58.4 Å². The number of nitrogens with zero attached hydrogens (tertiary/aromatic N) is 2. The third-order valence-corrected chi connectivity index (χ3v) is 6.90. The minimum atomic E-state index is 0.577. The van der Waals surface area contributed by atoms with Crippen molar-refractivity contribution < 1.29 is 0 Å². The summed E-state index contributed by atoms with van der Waals surface area (Å²) in [4.78, 5) is 4.03. The molecular formula is C23H32BrN3S. The highest BCUT2D eigenvalue weighted by Crippen LogP contribution is 2.32. The second-order valence-electron chi connectivity index (χ2n) is 7.12. The topological polar surface area (TPSA) is 20.2 Å². The van der Waals surface area contributed by atoms with E-state index in [1.54, 1.807) is 0 Å². The zero-order valence-electron chi connectivity index (χ0n) is 17.2. The van der Waals surface area contributed by atoms with Crippen LogP contribution in [0.4, 0.5) is 0 Å². The van der Waals surface area contributed by atoms with Crippen molar-refractivity contribution in [1.29, 1.82) is 0 Å². The summed E-state index contributed by atoms with van der Waals surface area (Å²) >= 11 is 5.56.